The fourth-order valence-electron chi connectivity index (χ4n) is 2.37. The van der Waals surface area contributed by atoms with Gasteiger partial charge in [-0.05, 0) is 48.1 Å². The van der Waals surface area contributed by atoms with Gasteiger partial charge in [-0.15, -0.1) is 0 Å². The Kier molecular flexibility index (Phi) is 3.72. The summed E-state index contributed by atoms with van der Waals surface area (Å²) < 4.78 is 1.15. The third kappa shape index (κ3) is 3.07. The Bertz CT molecular complexity index is 588. The van der Waals surface area contributed by atoms with Gasteiger partial charge in [0.1, 0.15) is 0 Å². The SMILES string of the molecule is Cc1cc(CNC2CC2)ccc1-c1ccccc1Br. The van der Waals surface area contributed by atoms with Crippen LogP contribution in [0.5, 0.6) is 0 Å². The van der Waals surface area contributed by atoms with Gasteiger partial charge < -0.3 is 5.32 Å². The van der Waals surface area contributed by atoms with Crippen LogP contribution in [-0.2, 0) is 6.54 Å². The standard InChI is InChI=1S/C17H18BrN/c1-12-10-13(11-19-14-7-8-14)6-9-15(12)16-4-2-3-5-17(16)18/h2-6,9-10,14,19H,7-8,11H2,1H3. The van der Waals surface area contributed by atoms with Gasteiger partial charge in [0.2, 0.25) is 0 Å². The van der Waals surface area contributed by atoms with Crippen LogP contribution < -0.4 is 5.32 Å². The number of hydrogen-bond acceptors (Lipinski definition) is 1. The van der Waals surface area contributed by atoms with E-state index < -0.39 is 0 Å². The normalized spacial score (nSPS) is 14.6. The second-order valence-corrected chi connectivity index (χ2v) is 6.14. The first-order valence-electron chi connectivity index (χ1n) is 6.82. The summed E-state index contributed by atoms with van der Waals surface area (Å²) in [4.78, 5) is 0. The van der Waals surface area contributed by atoms with Crippen molar-refractivity contribution in [2.75, 3.05) is 0 Å². The fourth-order valence-corrected chi connectivity index (χ4v) is 2.87. The molecule has 98 valence electrons. The minimum absolute atomic E-state index is 0.767. The zero-order chi connectivity index (χ0) is 13.2. The summed E-state index contributed by atoms with van der Waals surface area (Å²) >= 11 is 3.63. The largest absolute Gasteiger partial charge is 0.310 e. The summed E-state index contributed by atoms with van der Waals surface area (Å²) in [5, 5.41) is 3.56. The van der Waals surface area contributed by atoms with Gasteiger partial charge in [-0.2, -0.15) is 0 Å². The molecule has 0 radical (unpaired) electrons. The molecule has 1 fully saturated rings. The first-order valence-corrected chi connectivity index (χ1v) is 7.61. The number of rotatable bonds is 4. The van der Waals surface area contributed by atoms with Crippen molar-refractivity contribution in [1.82, 2.24) is 5.32 Å². The highest BCUT2D eigenvalue weighted by molar-refractivity contribution is 9.10. The van der Waals surface area contributed by atoms with E-state index in [9.17, 15) is 0 Å². The lowest BCUT2D eigenvalue weighted by atomic mass is 9.98. The Labute approximate surface area is 123 Å². The molecule has 2 aromatic carbocycles. The molecule has 0 amide bonds. The Morgan fingerprint density at radius 3 is 2.58 bits per heavy atom. The van der Waals surface area contributed by atoms with Crippen LogP contribution >= 0.6 is 15.9 Å². The maximum Gasteiger partial charge on any atom is 0.0253 e. The highest BCUT2D eigenvalue weighted by atomic mass is 79.9. The molecule has 0 spiro atoms. The van der Waals surface area contributed by atoms with Crippen molar-refractivity contribution in [3.63, 3.8) is 0 Å². The van der Waals surface area contributed by atoms with Crippen LogP contribution in [0.15, 0.2) is 46.9 Å². The van der Waals surface area contributed by atoms with E-state index in [1.165, 1.54) is 35.1 Å². The molecule has 0 bridgehead atoms. The molecule has 0 atom stereocenters. The minimum atomic E-state index is 0.767. The van der Waals surface area contributed by atoms with Crippen LogP contribution in [-0.4, -0.2) is 6.04 Å². The van der Waals surface area contributed by atoms with Gasteiger partial charge in [0.05, 0.1) is 0 Å². The number of hydrogen-bond donors (Lipinski definition) is 1. The van der Waals surface area contributed by atoms with Crippen LogP contribution in [0.25, 0.3) is 11.1 Å². The first-order chi connectivity index (χ1) is 9.24. The monoisotopic (exact) mass is 315 g/mol. The van der Waals surface area contributed by atoms with Gasteiger partial charge in [-0.25, -0.2) is 0 Å². The quantitative estimate of drug-likeness (QED) is 0.864. The average molecular weight is 316 g/mol. The average Bonchev–Trinajstić information content (AvgIpc) is 3.22. The molecule has 2 aromatic rings. The van der Waals surface area contributed by atoms with E-state index in [0.29, 0.717) is 0 Å². The lowest BCUT2D eigenvalue weighted by Gasteiger charge is -2.11. The predicted molar refractivity (Wildman–Crippen MR) is 84.2 cm³/mol. The molecule has 1 aliphatic rings. The molecule has 0 unspecified atom stereocenters. The fraction of sp³-hybridized carbons (Fsp3) is 0.294. The second kappa shape index (κ2) is 5.48. The molecule has 0 aliphatic heterocycles. The maximum atomic E-state index is 3.63. The third-order valence-electron chi connectivity index (χ3n) is 3.63. The summed E-state index contributed by atoms with van der Waals surface area (Å²) in [6.45, 7) is 3.18. The molecule has 0 saturated heterocycles. The Hall–Kier alpha value is -1.12. The van der Waals surface area contributed by atoms with Crippen molar-refractivity contribution in [2.24, 2.45) is 0 Å². The van der Waals surface area contributed by atoms with Crippen LogP contribution in [0.2, 0.25) is 0 Å². The topological polar surface area (TPSA) is 12.0 Å². The van der Waals surface area contributed by atoms with E-state index in [4.69, 9.17) is 0 Å². The van der Waals surface area contributed by atoms with Crippen LogP contribution in [0.4, 0.5) is 0 Å². The predicted octanol–water partition coefficient (Wildman–Crippen LogP) is 4.68. The van der Waals surface area contributed by atoms with Crippen molar-refractivity contribution >= 4 is 15.9 Å². The summed E-state index contributed by atoms with van der Waals surface area (Å²) in [7, 11) is 0. The number of halogens is 1. The van der Waals surface area contributed by atoms with Gasteiger partial charge >= 0.3 is 0 Å². The summed E-state index contributed by atoms with van der Waals surface area (Å²) in [5.41, 5.74) is 5.28. The van der Waals surface area contributed by atoms with Crippen molar-refractivity contribution in [3.8, 4) is 11.1 Å². The van der Waals surface area contributed by atoms with Gasteiger partial charge in [-0.1, -0.05) is 52.3 Å². The Balaban J connectivity index is 1.84. The summed E-state index contributed by atoms with van der Waals surface area (Å²) in [6.07, 6.45) is 2.68. The van der Waals surface area contributed by atoms with Gasteiger partial charge in [-0.3, -0.25) is 0 Å². The molecule has 1 nitrogen and oxygen atoms in total. The van der Waals surface area contributed by atoms with Gasteiger partial charge in [0.25, 0.3) is 0 Å². The number of benzene rings is 2. The van der Waals surface area contributed by atoms with Gasteiger partial charge in [0, 0.05) is 17.1 Å². The van der Waals surface area contributed by atoms with Crippen LogP contribution in [0.1, 0.15) is 24.0 Å². The highest BCUT2D eigenvalue weighted by Gasteiger charge is 2.19. The summed E-state index contributed by atoms with van der Waals surface area (Å²) in [6, 6.07) is 15.9. The van der Waals surface area contributed by atoms with Crippen LogP contribution in [0, 0.1) is 6.92 Å². The molecule has 3 rings (SSSR count). The maximum absolute atomic E-state index is 3.63. The van der Waals surface area contributed by atoms with E-state index in [2.05, 4.69) is 70.6 Å². The third-order valence-corrected chi connectivity index (χ3v) is 4.32. The number of nitrogens with one attached hydrogen (secondary N) is 1. The van der Waals surface area contributed by atoms with Crippen molar-refractivity contribution < 1.29 is 0 Å². The Morgan fingerprint density at radius 1 is 1.11 bits per heavy atom. The van der Waals surface area contributed by atoms with E-state index in [1.807, 2.05) is 0 Å². The Morgan fingerprint density at radius 2 is 1.89 bits per heavy atom. The molecule has 2 heteroatoms. The van der Waals surface area contributed by atoms with E-state index in [0.717, 1.165) is 17.1 Å². The number of aryl methyl sites for hydroxylation is 1. The molecule has 0 aromatic heterocycles. The van der Waals surface area contributed by atoms with E-state index in [-0.39, 0.29) is 0 Å². The smallest absolute Gasteiger partial charge is 0.0253 e. The highest BCUT2D eigenvalue weighted by Crippen LogP contribution is 2.31. The van der Waals surface area contributed by atoms with Gasteiger partial charge in [0.15, 0.2) is 0 Å². The first kappa shape index (κ1) is 12.9. The lowest BCUT2D eigenvalue weighted by molar-refractivity contribution is 0.687. The van der Waals surface area contributed by atoms with Crippen molar-refractivity contribution in [1.29, 1.82) is 0 Å². The van der Waals surface area contributed by atoms with Crippen molar-refractivity contribution in [3.05, 3.63) is 58.1 Å². The molecule has 1 saturated carbocycles. The molecule has 0 heterocycles. The molecular weight excluding hydrogens is 298 g/mol. The minimum Gasteiger partial charge on any atom is -0.310 e. The summed E-state index contributed by atoms with van der Waals surface area (Å²) in [5.74, 6) is 0. The lowest BCUT2D eigenvalue weighted by Crippen LogP contribution is -2.15. The van der Waals surface area contributed by atoms with E-state index in [1.54, 1.807) is 0 Å². The molecule has 19 heavy (non-hydrogen) atoms. The van der Waals surface area contributed by atoms with E-state index >= 15 is 0 Å². The molecular formula is C17H18BrN. The van der Waals surface area contributed by atoms with Crippen LogP contribution in [0.3, 0.4) is 0 Å². The van der Waals surface area contributed by atoms with Crippen molar-refractivity contribution in [2.45, 2.75) is 32.4 Å². The second-order valence-electron chi connectivity index (χ2n) is 5.28. The molecule has 1 aliphatic carbocycles. The molecule has 1 N–H and O–H groups in total. The zero-order valence-electron chi connectivity index (χ0n) is 11.1. The zero-order valence-corrected chi connectivity index (χ0v) is 12.7.